The van der Waals surface area contributed by atoms with Crippen LogP contribution in [-0.4, -0.2) is 69.1 Å². The molecule has 5 N–H and O–H groups in total. The number of benzene rings is 1. The molecule has 0 bridgehead atoms. The average molecular weight is 326 g/mol. The summed E-state index contributed by atoms with van der Waals surface area (Å²) >= 11 is 0. The van der Waals surface area contributed by atoms with Gasteiger partial charge in [0.15, 0.2) is 11.5 Å². The first-order valence-electron chi connectivity index (χ1n) is 6.60. The maximum atomic E-state index is 11.7. The molecule has 0 fully saturated rings. The fourth-order valence-electron chi connectivity index (χ4n) is 1.67. The number of carbonyl (C=O) groups excluding carboxylic acids is 2. The Morgan fingerprint density at radius 3 is 2.48 bits per heavy atom. The Labute approximate surface area is 131 Å². The van der Waals surface area contributed by atoms with E-state index in [2.05, 4.69) is 0 Å². The molecular formula is C15H18O8. The SMILES string of the molecule is COc1cc(/C=C/C(=O)C(=O)[C@H](O)[C@@H](O)[C@@H](O)CO)ccc1O. The van der Waals surface area contributed by atoms with Gasteiger partial charge in [0.05, 0.1) is 13.7 Å². The highest BCUT2D eigenvalue weighted by molar-refractivity contribution is 6.43. The lowest BCUT2D eigenvalue weighted by atomic mass is 10.0. The van der Waals surface area contributed by atoms with Gasteiger partial charge < -0.3 is 30.3 Å². The number of hydrogen-bond acceptors (Lipinski definition) is 8. The topological polar surface area (TPSA) is 145 Å². The van der Waals surface area contributed by atoms with Gasteiger partial charge in [-0.2, -0.15) is 0 Å². The summed E-state index contributed by atoms with van der Waals surface area (Å²) in [6.07, 6.45) is -3.74. The zero-order valence-corrected chi connectivity index (χ0v) is 12.3. The highest BCUT2D eigenvalue weighted by atomic mass is 16.5. The molecule has 1 aromatic carbocycles. The normalized spacial score (nSPS) is 15.2. The fraction of sp³-hybridized carbons (Fsp3) is 0.333. The number of ketones is 2. The summed E-state index contributed by atoms with van der Waals surface area (Å²) in [6, 6.07) is 4.22. The third kappa shape index (κ3) is 4.86. The number of aromatic hydroxyl groups is 1. The van der Waals surface area contributed by atoms with Crippen molar-refractivity contribution in [2.24, 2.45) is 0 Å². The third-order valence-electron chi connectivity index (χ3n) is 3.05. The summed E-state index contributed by atoms with van der Waals surface area (Å²) in [5.74, 6) is -2.35. The second-order valence-electron chi connectivity index (χ2n) is 4.68. The number of ether oxygens (including phenoxy) is 1. The van der Waals surface area contributed by atoms with Crippen LogP contribution in [0.3, 0.4) is 0 Å². The highest BCUT2D eigenvalue weighted by Crippen LogP contribution is 2.26. The lowest BCUT2D eigenvalue weighted by Crippen LogP contribution is -2.45. The van der Waals surface area contributed by atoms with E-state index in [1.807, 2.05) is 0 Å². The minimum atomic E-state index is -2.15. The van der Waals surface area contributed by atoms with Gasteiger partial charge in [-0.15, -0.1) is 0 Å². The van der Waals surface area contributed by atoms with Crippen molar-refractivity contribution in [1.82, 2.24) is 0 Å². The van der Waals surface area contributed by atoms with Crippen LogP contribution >= 0.6 is 0 Å². The lowest BCUT2D eigenvalue weighted by molar-refractivity contribution is -0.147. The zero-order chi connectivity index (χ0) is 17.6. The number of rotatable bonds is 8. The van der Waals surface area contributed by atoms with Crippen molar-refractivity contribution in [1.29, 1.82) is 0 Å². The molecule has 23 heavy (non-hydrogen) atoms. The summed E-state index contributed by atoms with van der Waals surface area (Å²) in [6.45, 7) is -0.872. The molecule has 8 heteroatoms. The van der Waals surface area contributed by atoms with Crippen LogP contribution < -0.4 is 4.74 Å². The Hall–Kier alpha value is -2.26. The van der Waals surface area contributed by atoms with Crippen molar-refractivity contribution < 1.29 is 39.9 Å². The Morgan fingerprint density at radius 2 is 1.91 bits per heavy atom. The second-order valence-corrected chi connectivity index (χ2v) is 4.68. The van der Waals surface area contributed by atoms with E-state index in [9.17, 15) is 24.9 Å². The average Bonchev–Trinajstić information content (AvgIpc) is 2.57. The molecule has 0 saturated carbocycles. The summed E-state index contributed by atoms with van der Waals surface area (Å²) in [5, 5.41) is 46.1. The maximum absolute atomic E-state index is 11.7. The lowest BCUT2D eigenvalue weighted by Gasteiger charge is -2.19. The predicted molar refractivity (Wildman–Crippen MR) is 78.8 cm³/mol. The summed E-state index contributed by atoms with van der Waals surface area (Å²) in [7, 11) is 1.35. The molecule has 1 aromatic rings. The van der Waals surface area contributed by atoms with Crippen LogP contribution in [0.4, 0.5) is 0 Å². The van der Waals surface area contributed by atoms with E-state index < -0.39 is 36.5 Å². The van der Waals surface area contributed by atoms with Crippen molar-refractivity contribution in [3.63, 3.8) is 0 Å². The molecule has 0 aliphatic heterocycles. The summed E-state index contributed by atoms with van der Waals surface area (Å²) < 4.78 is 4.89. The molecule has 0 aromatic heterocycles. The van der Waals surface area contributed by atoms with E-state index in [1.54, 1.807) is 0 Å². The Bertz CT molecular complexity index is 595. The molecule has 0 radical (unpaired) electrons. The van der Waals surface area contributed by atoms with Crippen LogP contribution in [-0.2, 0) is 9.59 Å². The number of hydrogen-bond donors (Lipinski definition) is 5. The highest BCUT2D eigenvalue weighted by Gasteiger charge is 2.32. The molecule has 8 nitrogen and oxygen atoms in total. The van der Waals surface area contributed by atoms with Gasteiger partial charge in [0, 0.05) is 0 Å². The molecule has 0 amide bonds. The van der Waals surface area contributed by atoms with Crippen LogP contribution in [0.1, 0.15) is 5.56 Å². The monoisotopic (exact) mass is 326 g/mol. The number of methoxy groups -OCH3 is 1. The smallest absolute Gasteiger partial charge is 0.233 e. The standard InChI is InChI=1S/C15H18O8/c1-23-12-6-8(2-4-9(12)17)3-5-10(18)13(20)15(22)14(21)11(19)7-16/h2-6,11,14-17,19,21-22H,7H2,1H3/b5-3+/t11-,14-,15-/m0/s1. The first-order chi connectivity index (χ1) is 10.8. The number of Topliss-reactive ketones (excluding diaryl/α,β-unsaturated/α-hetero) is 1. The number of carbonyl (C=O) groups is 2. The van der Waals surface area contributed by atoms with Crippen molar-refractivity contribution in [3.05, 3.63) is 29.8 Å². The van der Waals surface area contributed by atoms with E-state index >= 15 is 0 Å². The summed E-state index contributed by atoms with van der Waals surface area (Å²) in [5.41, 5.74) is 0.450. The van der Waals surface area contributed by atoms with Gasteiger partial charge in [-0.3, -0.25) is 9.59 Å². The van der Waals surface area contributed by atoms with Crippen LogP contribution in [0, 0.1) is 0 Å². The van der Waals surface area contributed by atoms with Crippen LogP contribution in [0.5, 0.6) is 11.5 Å². The largest absolute Gasteiger partial charge is 0.504 e. The first kappa shape index (κ1) is 18.8. The molecule has 0 spiro atoms. The molecule has 0 saturated heterocycles. The predicted octanol–water partition coefficient (Wildman–Crippen LogP) is -1.37. The molecule has 126 valence electrons. The van der Waals surface area contributed by atoms with E-state index in [1.165, 1.54) is 31.4 Å². The van der Waals surface area contributed by atoms with Crippen molar-refractivity contribution in [3.8, 4) is 11.5 Å². The fourth-order valence-corrected chi connectivity index (χ4v) is 1.67. The van der Waals surface area contributed by atoms with Crippen LogP contribution in [0.2, 0.25) is 0 Å². The van der Waals surface area contributed by atoms with Gasteiger partial charge in [-0.25, -0.2) is 0 Å². The maximum Gasteiger partial charge on any atom is 0.233 e. The Balaban J connectivity index is 2.80. The van der Waals surface area contributed by atoms with Crippen LogP contribution in [0.15, 0.2) is 24.3 Å². The quantitative estimate of drug-likeness (QED) is 0.290. The molecule has 0 aliphatic rings. The molecule has 0 unspecified atom stereocenters. The van der Waals surface area contributed by atoms with Gasteiger partial charge in [-0.05, 0) is 23.8 Å². The number of aliphatic hydroxyl groups excluding tert-OH is 4. The number of phenolic OH excluding ortho intramolecular Hbond substituents is 1. The van der Waals surface area contributed by atoms with Gasteiger partial charge in [-0.1, -0.05) is 12.1 Å². The number of phenols is 1. The minimum Gasteiger partial charge on any atom is -0.504 e. The van der Waals surface area contributed by atoms with Gasteiger partial charge in [0.25, 0.3) is 0 Å². The molecule has 3 atom stereocenters. The Morgan fingerprint density at radius 1 is 1.26 bits per heavy atom. The van der Waals surface area contributed by atoms with Gasteiger partial charge in [0.2, 0.25) is 11.6 Å². The first-order valence-corrected chi connectivity index (χ1v) is 6.60. The molecular weight excluding hydrogens is 308 g/mol. The van der Waals surface area contributed by atoms with E-state index in [4.69, 9.17) is 14.9 Å². The molecule has 1 rings (SSSR count). The van der Waals surface area contributed by atoms with E-state index in [0.29, 0.717) is 5.56 Å². The zero-order valence-electron chi connectivity index (χ0n) is 12.3. The Kier molecular flexibility index (Phi) is 6.86. The van der Waals surface area contributed by atoms with Crippen LogP contribution in [0.25, 0.3) is 6.08 Å². The van der Waals surface area contributed by atoms with Crippen molar-refractivity contribution in [2.45, 2.75) is 18.3 Å². The molecule has 0 aliphatic carbocycles. The van der Waals surface area contributed by atoms with Gasteiger partial charge in [0.1, 0.15) is 18.3 Å². The second kappa shape index (κ2) is 8.39. The number of aliphatic hydroxyl groups is 4. The van der Waals surface area contributed by atoms with Crippen molar-refractivity contribution in [2.75, 3.05) is 13.7 Å². The number of allylic oxidation sites excluding steroid dienone is 1. The minimum absolute atomic E-state index is 0.0939. The van der Waals surface area contributed by atoms with E-state index in [0.717, 1.165) is 6.08 Å². The molecule has 0 heterocycles. The van der Waals surface area contributed by atoms with Gasteiger partial charge >= 0.3 is 0 Å². The van der Waals surface area contributed by atoms with Crippen molar-refractivity contribution >= 4 is 17.6 Å². The van der Waals surface area contributed by atoms with E-state index in [-0.39, 0.29) is 11.5 Å². The third-order valence-corrected chi connectivity index (χ3v) is 3.05. The summed E-state index contributed by atoms with van der Waals surface area (Å²) in [4.78, 5) is 23.3.